The lowest BCUT2D eigenvalue weighted by molar-refractivity contribution is 0.119. The average molecular weight is 303 g/mol. The Morgan fingerprint density at radius 3 is 2.38 bits per heavy atom. The van der Waals surface area contributed by atoms with E-state index in [1.165, 1.54) is 10.4 Å². The fraction of sp³-hybridized carbons (Fsp3) is 0.444. The van der Waals surface area contributed by atoms with Crippen molar-refractivity contribution in [3.63, 3.8) is 0 Å². The average Bonchev–Trinajstić information content (AvgIpc) is 3.00. The van der Waals surface area contributed by atoms with E-state index in [1.807, 2.05) is 18.2 Å². The van der Waals surface area contributed by atoms with Crippen molar-refractivity contribution in [1.82, 2.24) is 4.90 Å². The van der Waals surface area contributed by atoms with Crippen LogP contribution in [0.4, 0.5) is 0 Å². The Morgan fingerprint density at radius 2 is 1.86 bits per heavy atom. The van der Waals surface area contributed by atoms with Crippen LogP contribution in [0.15, 0.2) is 47.8 Å². The summed E-state index contributed by atoms with van der Waals surface area (Å²) in [5, 5.41) is 12.1. The summed E-state index contributed by atoms with van der Waals surface area (Å²) >= 11 is 1.79. The zero-order valence-electron chi connectivity index (χ0n) is 13.1. The summed E-state index contributed by atoms with van der Waals surface area (Å²) in [6.07, 6.45) is 0. The van der Waals surface area contributed by atoms with Gasteiger partial charge in [0.1, 0.15) is 0 Å². The van der Waals surface area contributed by atoms with Gasteiger partial charge in [-0.3, -0.25) is 4.90 Å². The van der Waals surface area contributed by atoms with Gasteiger partial charge in [-0.25, -0.2) is 0 Å². The molecule has 2 rings (SSSR count). The van der Waals surface area contributed by atoms with Crippen LogP contribution in [-0.4, -0.2) is 29.2 Å². The fourth-order valence-corrected chi connectivity index (χ4v) is 3.27. The topological polar surface area (TPSA) is 23.5 Å². The molecule has 0 fully saturated rings. The number of nitrogens with zero attached hydrogens (tertiary/aromatic N) is 1. The first kappa shape index (κ1) is 16.2. The van der Waals surface area contributed by atoms with E-state index in [0.29, 0.717) is 6.04 Å². The van der Waals surface area contributed by atoms with Crippen molar-refractivity contribution in [3.05, 3.63) is 58.3 Å². The lowest BCUT2D eigenvalue weighted by Crippen LogP contribution is -2.44. The minimum atomic E-state index is -0.233. The van der Waals surface area contributed by atoms with Gasteiger partial charge >= 0.3 is 0 Å². The SMILES string of the molecule is CC(C)N(Cc1cccs1)CC(C)(CO)c1ccccc1. The summed E-state index contributed by atoms with van der Waals surface area (Å²) in [5.41, 5.74) is 0.965. The Balaban J connectivity index is 2.17. The molecule has 1 aromatic heterocycles. The predicted molar refractivity (Wildman–Crippen MR) is 90.7 cm³/mol. The van der Waals surface area contributed by atoms with Gasteiger partial charge in [0, 0.05) is 29.4 Å². The van der Waals surface area contributed by atoms with Gasteiger partial charge in [0.15, 0.2) is 0 Å². The van der Waals surface area contributed by atoms with Gasteiger partial charge in [-0.2, -0.15) is 0 Å². The molecule has 21 heavy (non-hydrogen) atoms. The summed E-state index contributed by atoms with van der Waals surface area (Å²) in [5.74, 6) is 0. The molecule has 0 bridgehead atoms. The Bertz CT molecular complexity index is 523. The molecule has 1 unspecified atom stereocenters. The van der Waals surface area contributed by atoms with Crippen LogP contribution in [0.3, 0.4) is 0 Å². The summed E-state index contributed by atoms with van der Waals surface area (Å²) in [7, 11) is 0. The van der Waals surface area contributed by atoms with E-state index in [0.717, 1.165) is 13.1 Å². The highest BCUT2D eigenvalue weighted by Crippen LogP contribution is 2.26. The largest absolute Gasteiger partial charge is 0.395 e. The molecule has 2 nitrogen and oxygen atoms in total. The number of hydrogen-bond acceptors (Lipinski definition) is 3. The molecule has 1 heterocycles. The maximum absolute atomic E-state index is 9.97. The van der Waals surface area contributed by atoms with E-state index in [-0.39, 0.29) is 12.0 Å². The third-order valence-electron chi connectivity index (χ3n) is 4.04. The molecule has 1 atom stereocenters. The Morgan fingerprint density at radius 1 is 1.14 bits per heavy atom. The number of thiophene rings is 1. The van der Waals surface area contributed by atoms with Crippen LogP contribution in [0, 0.1) is 0 Å². The number of aliphatic hydroxyl groups excluding tert-OH is 1. The van der Waals surface area contributed by atoms with E-state index in [9.17, 15) is 5.11 Å². The Labute approximate surface area is 132 Å². The molecular weight excluding hydrogens is 278 g/mol. The van der Waals surface area contributed by atoms with Crippen LogP contribution in [0.25, 0.3) is 0 Å². The van der Waals surface area contributed by atoms with Gasteiger partial charge in [0.05, 0.1) is 6.61 Å². The molecule has 0 amide bonds. The number of hydrogen-bond donors (Lipinski definition) is 1. The quantitative estimate of drug-likeness (QED) is 0.838. The minimum Gasteiger partial charge on any atom is -0.395 e. The molecule has 0 saturated heterocycles. The fourth-order valence-electron chi connectivity index (χ4n) is 2.55. The van der Waals surface area contributed by atoms with Crippen molar-refractivity contribution in [2.24, 2.45) is 0 Å². The van der Waals surface area contributed by atoms with Gasteiger partial charge in [0.25, 0.3) is 0 Å². The molecule has 0 saturated carbocycles. The first-order valence-corrected chi connectivity index (χ1v) is 8.36. The Hall–Kier alpha value is -1.16. The van der Waals surface area contributed by atoms with Crippen molar-refractivity contribution in [3.8, 4) is 0 Å². The maximum atomic E-state index is 9.97. The molecule has 0 spiro atoms. The van der Waals surface area contributed by atoms with E-state index in [2.05, 4.69) is 55.3 Å². The number of rotatable bonds is 7. The summed E-state index contributed by atoms with van der Waals surface area (Å²) < 4.78 is 0. The minimum absolute atomic E-state index is 0.157. The van der Waals surface area contributed by atoms with Crippen molar-refractivity contribution in [2.45, 2.75) is 38.8 Å². The van der Waals surface area contributed by atoms with E-state index >= 15 is 0 Å². The molecule has 114 valence electrons. The monoisotopic (exact) mass is 303 g/mol. The molecule has 1 N–H and O–H groups in total. The predicted octanol–water partition coefficient (Wildman–Crippen LogP) is 3.91. The molecule has 0 aliphatic rings. The summed E-state index contributed by atoms with van der Waals surface area (Å²) in [6, 6.07) is 15.1. The Kier molecular flexibility index (Phi) is 5.57. The second-order valence-electron chi connectivity index (χ2n) is 6.16. The molecule has 3 heteroatoms. The van der Waals surface area contributed by atoms with Gasteiger partial charge in [-0.1, -0.05) is 43.3 Å². The molecular formula is C18H25NOS. The zero-order chi connectivity index (χ0) is 15.3. The van der Waals surface area contributed by atoms with Crippen molar-refractivity contribution in [1.29, 1.82) is 0 Å². The zero-order valence-corrected chi connectivity index (χ0v) is 13.9. The lowest BCUT2D eigenvalue weighted by Gasteiger charge is -2.36. The second kappa shape index (κ2) is 7.21. The van der Waals surface area contributed by atoms with Gasteiger partial charge in [0.2, 0.25) is 0 Å². The second-order valence-corrected chi connectivity index (χ2v) is 7.20. The number of benzene rings is 1. The van der Waals surface area contributed by atoms with E-state index in [1.54, 1.807) is 11.3 Å². The first-order valence-electron chi connectivity index (χ1n) is 7.48. The highest BCUT2D eigenvalue weighted by molar-refractivity contribution is 7.09. The van der Waals surface area contributed by atoms with Crippen LogP contribution in [0.5, 0.6) is 0 Å². The standard InChI is InChI=1S/C18H25NOS/c1-15(2)19(12-17-10-7-11-21-17)13-18(3,14-20)16-8-5-4-6-9-16/h4-11,15,20H,12-14H2,1-3H3. The van der Waals surface area contributed by atoms with Crippen LogP contribution in [-0.2, 0) is 12.0 Å². The van der Waals surface area contributed by atoms with Gasteiger partial charge in [-0.05, 0) is 30.9 Å². The molecule has 0 radical (unpaired) electrons. The van der Waals surface area contributed by atoms with Gasteiger partial charge < -0.3 is 5.11 Å². The van der Waals surface area contributed by atoms with Crippen LogP contribution in [0.2, 0.25) is 0 Å². The van der Waals surface area contributed by atoms with Crippen LogP contribution in [0.1, 0.15) is 31.2 Å². The van der Waals surface area contributed by atoms with Crippen molar-refractivity contribution >= 4 is 11.3 Å². The normalized spacial score (nSPS) is 14.6. The smallest absolute Gasteiger partial charge is 0.0537 e. The van der Waals surface area contributed by atoms with Crippen LogP contribution < -0.4 is 0 Å². The molecule has 0 aliphatic carbocycles. The van der Waals surface area contributed by atoms with E-state index < -0.39 is 0 Å². The lowest BCUT2D eigenvalue weighted by atomic mass is 9.82. The molecule has 1 aromatic carbocycles. The maximum Gasteiger partial charge on any atom is 0.0537 e. The van der Waals surface area contributed by atoms with Crippen LogP contribution >= 0.6 is 11.3 Å². The van der Waals surface area contributed by atoms with Crippen molar-refractivity contribution < 1.29 is 5.11 Å². The first-order chi connectivity index (χ1) is 10.0. The third-order valence-corrected chi connectivity index (χ3v) is 4.90. The van der Waals surface area contributed by atoms with E-state index in [4.69, 9.17) is 0 Å². The highest BCUT2D eigenvalue weighted by atomic mass is 32.1. The van der Waals surface area contributed by atoms with Gasteiger partial charge in [-0.15, -0.1) is 11.3 Å². The van der Waals surface area contributed by atoms with Crippen molar-refractivity contribution in [2.75, 3.05) is 13.2 Å². The molecule has 2 aromatic rings. The highest BCUT2D eigenvalue weighted by Gasteiger charge is 2.29. The summed E-state index contributed by atoms with van der Waals surface area (Å²) in [4.78, 5) is 3.81. The number of aliphatic hydroxyl groups is 1. The third kappa shape index (κ3) is 4.16. The summed E-state index contributed by atoms with van der Waals surface area (Å²) in [6.45, 7) is 8.53. The molecule has 0 aliphatic heterocycles.